The van der Waals surface area contributed by atoms with Crippen molar-refractivity contribution < 1.29 is 13.2 Å². The number of hydrogen-bond donors (Lipinski definition) is 0. The molecule has 0 unspecified atom stereocenters. The molecule has 0 aliphatic rings. The van der Waals surface area contributed by atoms with Crippen LogP contribution in [-0.4, -0.2) is 25.1 Å². The molecule has 0 spiro atoms. The maximum Gasteiger partial charge on any atom is 0.279 e. The molecule has 1 heterocycles. The lowest BCUT2D eigenvalue weighted by atomic mass is 10.2. The van der Waals surface area contributed by atoms with Gasteiger partial charge >= 0.3 is 0 Å². The van der Waals surface area contributed by atoms with Crippen LogP contribution in [0, 0.1) is 19.3 Å². The van der Waals surface area contributed by atoms with Crippen molar-refractivity contribution in [2.24, 2.45) is 4.99 Å². The number of hydrogen-bond acceptors (Lipinski definition) is 4. The number of terminal acetylenes is 1. The minimum Gasteiger partial charge on any atom is -0.305 e. The second kappa shape index (κ2) is 6.90. The van der Waals surface area contributed by atoms with Crippen molar-refractivity contribution in [2.75, 3.05) is 6.26 Å². The van der Waals surface area contributed by atoms with E-state index in [1.165, 1.54) is 35.6 Å². The standard InChI is InChI=1S/C19H16N2O3S2/c1-4-11-21-16-10-5-13(2)12-17(16)25-19(21)20-18(22)14-6-8-15(9-7-14)26(3,23)24/h1,5-10,12H,11H2,2-3H3. The van der Waals surface area contributed by atoms with Crippen molar-refractivity contribution in [1.82, 2.24) is 4.57 Å². The molecule has 3 aromatic rings. The zero-order chi connectivity index (χ0) is 18.9. The molecular formula is C19H16N2O3S2. The molecule has 7 heteroatoms. The Balaban J connectivity index is 2.08. The van der Waals surface area contributed by atoms with Crippen molar-refractivity contribution in [3.8, 4) is 12.3 Å². The molecule has 0 saturated carbocycles. The fraction of sp³-hybridized carbons (Fsp3) is 0.158. The summed E-state index contributed by atoms with van der Waals surface area (Å²) in [7, 11) is -3.31. The van der Waals surface area contributed by atoms with Gasteiger partial charge in [0.05, 0.1) is 21.7 Å². The highest BCUT2D eigenvalue weighted by Gasteiger charge is 2.11. The zero-order valence-corrected chi connectivity index (χ0v) is 15.9. The predicted molar refractivity (Wildman–Crippen MR) is 103 cm³/mol. The summed E-state index contributed by atoms with van der Waals surface area (Å²) >= 11 is 1.39. The first-order valence-electron chi connectivity index (χ1n) is 7.72. The van der Waals surface area contributed by atoms with E-state index in [1.807, 2.05) is 29.7 Å². The van der Waals surface area contributed by atoms with Crippen molar-refractivity contribution in [2.45, 2.75) is 18.4 Å². The molecule has 0 fully saturated rings. The first-order chi connectivity index (χ1) is 12.3. The number of thiazole rings is 1. The number of aryl methyl sites for hydroxylation is 1. The molecule has 0 aliphatic carbocycles. The van der Waals surface area contributed by atoms with Crippen molar-refractivity contribution in [3.05, 3.63) is 58.4 Å². The second-order valence-corrected chi connectivity index (χ2v) is 8.88. The summed E-state index contributed by atoms with van der Waals surface area (Å²) in [6.45, 7) is 2.30. The third kappa shape index (κ3) is 3.62. The molecule has 26 heavy (non-hydrogen) atoms. The van der Waals surface area contributed by atoms with Gasteiger partial charge < -0.3 is 4.57 Å². The fourth-order valence-electron chi connectivity index (χ4n) is 2.51. The first-order valence-corrected chi connectivity index (χ1v) is 10.4. The van der Waals surface area contributed by atoms with Gasteiger partial charge in [0.1, 0.15) is 0 Å². The van der Waals surface area contributed by atoms with Gasteiger partial charge in [-0.05, 0) is 48.9 Å². The number of amides is 1. The van der Waals surface area contributed by atoms with Gasteiger partial charge in [0.15, 0.2) is 14.6 Å². The van der Waals surface area contributed by atoms with Crippen molar-refractivity contribution in [1.29, 1.82) is 0 Å². The van der Waals surface area contributed by atoms with Crippen molar-refractivity contribution in [3.63, 3.8) is 0 Å². The summed E-state index contributed by atoms with van der Waals surface area (Å²) in [6.07, 6.45) is 6.58. The van der Waals surface area contributed by atoms with Crippen LogP contribution in [0.2, 0.25) is 0 Å². The number of benzene rings is 2. The molecule has 0 atom stereocenters. The summed E-state index contributed by atoms with van der Waals surface area (Å²) < 4.78 is 25.9. The second-order valence-electron chi connectivity index (χ2n) is 5.86. The Morgan fingerprint density at radius 1 is 1.23 bits per heavy atom. The van der Waals surface area contributed by atoms with Gasteiger partial charge in [-0.3, -0.25) is 4.79 Å². The number of sulfone groups is 1. The third-order valence-corrected chi connectivity index (χ3v) is 5.98. The number of rotatable bonds is 3. The Morgan fingerprint density at radius 3 is 2.54 bits per heavy atom. The lowest BCUT2D eigenvalue weighted by molar-refractivity contribution is 0.0998. The van der Waals surface area contributed by atoms with E-state index in [0.29, 0.717) is 16.9 Å². The molecule has 0 N–H and O–H groups in total. The summed E-state index contributed by atoms with van der Waals surface area (Å²) in [4.78, 5) is 17.4. The Kier molecular flexibility index (Phi) is 4.81. The van der Waals surface area contributed by atoms with Crippen LogP contribution < -0.4 is 4.80 Å². The Hall–Kier alpha value is -2.69. The quantitative estimate of drug-likeness (QED) is 0.652. The Morgan fingerprint density at radius 2 is 1.92 bits per heavy atom. The number of carbonyl (C=O) groups is 1. The van der Waals surface area contributed by atoms with Crippen LogP contribution >= 0.6 is 11.3 Å². The maximum atomic E-state index is 12.5. The third-order valence-electron chi connectivity index (χ3n) is 3.81. The number of carbonyl (C=O) groups excluding carboxylic acids is 1. The van der Waals surface area contributed by atoms with Crippen LogP contribution in [0.1, 0.15) is 15.9 Å². The average Bonchev–Trinajstić information content (AvgIpc) is 2.91. The van der Waals surface area contributed by atoms with E-state index in [4.69, 9.17) is 6.42 Å². The average molecular weight is 384 g/mol. The van der Waals surface area contributed by atoms with Gasteiger partial charge in [0.25, 0.3) is 5.91 Å². The van der Waals surface area contributed by atoms with Crippen LogP contribution in [0.3, 0.4) is 0 Å². The highest BCUT2D eigenvalue weighted by molar-refractivity contribution is 7.90. The van der Waals surface area contributed by atoms with Gasteiger partial charge in [-0.1, -0.05) is 23.3 Å². The first kappa shape index (κ1) is 18.1. The van der Waals surface area contributed by atoms with Gasteiger partial charge in [-0.2, -0.15) is 4.99 Å². The summed E-state index contributed by atoms with van der Waals surface area (Å²) in [6, 6.07) is 11.7. The van der Waals surface area contributed by atoms with Crippen LogP contribution in [0.15, 0.2) is 52.4 Å². The van der Waals surface area contributed by atoms with Crippen molar-refractivity contribution >= 4 is 37.3 Å². The summed E-state index contributed by atoms with van der Waals surface area (Å²) in [5, 5.41) is 0. The van der Waals surface area contributed by atoms with Crippen LogP contribution in [-0.2, 0) is 16.4 Å². The molecule has 3 rings (SSSR count). The molecule has 2 aromatic carbocycles. The highest BCUT2D eigenvalue weighted by Crippen LogP contribution is 2.19. The Labute approximate surface area is 155 Å². The molecule has 0 aliphatic heterocycles. The SMILES string of the molecule is C#CCn1c(=NC(=O)c2ccc(S(C)(=O)=O)cc2)sc2cc(C)ccc21. The number of aromatic nitrogens is 1. The summed E-state index contributed by atoms with van der Waals surface area (Å²) in [5.74, 6) is 2.14. The molecule has 0 saturated heterocycles. The Bertz CT molecular complexity index is 1210. The molecule has 0 radical (unpaired) electrons. The van der Waals surface area contributed by atoms with E-state index in [-0.39, 0.29) is 4.90 Å². The fourth-order valence-corrected chi connectivity index (χ4v) is 4.26. The van der Waals surface area contributed by atoms with E-state index in [9.17, 15) is 13.2 Å². The highest BCUT2D eigenvalue weighted by atomic mass is 32.2. The maximum absolute atomic E-state index is 12.5. The van der Waals surface area contributed by atoms with Crippen LogP contribution in [0.25, 0.3) is 10.2 Å². The lowest BCUT2D eigenvalue weighted by Gasteiger charge is -2.01. The smallest absolute Gasteiger partial charge is 0.279 e. The minimum absolute atomic E-state index is 0.161. The normalized spacial score (nSPS) is 12.3. The molecule has 132 valence electrons. The lowest BCUT2D eigenvalue weighted by Crippen LogP contribution is -2.16. The van der Waals surface area contributed by atoms with Gasteiger partial charge in [-0.15, -0.1) is 6.42 Å². The van der Waals surface area contributed by atoms with E-state index in [0.717, 1.165) is 22.0 Å². The van der Waals surface area contributed by atoms with E-state index < -0.39 is 15.7 Å². The van der Waals surface area contributed by atoms with Gasteiger partial charge in [-0.25, -0.2) is 8.42 Å². The van der Waals surface area contributed by atoms with E-state index in [2.05, 4.69) is 10.9 Å². The van der Waals surface area contributed by atoms with Gasteiger partial charge in [0, 0.05) is 11.8 Å². The molecule has 1 aromatic heterocycles. The minimum atomic E-state index is -3.31. The largest absolute Gasteiger partial charge is 0.305 e. The topological polar surface area (TPSA) is 68.5 Å². The van der Waals surface area contributed by atoms with E-state index >= 15 is 0 Å². The predicted octanol–water partition coefficient (Wildman–Crippen LogP) is 2.79. The molecule has 0 bridgehead atoms. The monoisotopic (exact) mass is 384 g/mol. The molecular weight excluding hydrogens is 368 g/mol. The number of fused-ring (bicyclic) bond motifs is 1. The molecule has 5 nitrogen and oxygen atoms in total. The van der Waals surface area contributed by atoms with Crippen LogP contribution in [0.4, 0.5) is 0 Å². The summed E-state index contributed by atoms with van der Waals surface area (Å²) in [5.41, 5.74) is 2.36. The zero-order valence-electron chi connectivity index (χ0n) is 14.3. The van der Waals surface area contributed by atoms with E-state index in [1.54, 1.807) is 0 Å². The van der Waals surface area contributed by atoms with Crippen LogP contribution in [0.5, 0.6) is 0 Å². The number of nitrogens with zero attached hydrogens (tertiary/aromatic N) is 2. The van der Waals surface area contributed by atoms with Gasteiger partial charge in [0.2, 0.25) is 0 Å². The molecule has 1 amide bonds.